The summed E-state index contributed by atoms with van der Waals surface area (Å²) >= 11 is 6.27. The highest BCUT2D eigenvalue weighted by molar-refractivity contribution is 6.30. The lowest BCUT2D eigenvalue weighted by Gasteiger charge is -2.72. The molecule has 4 saturated carbocycles. The van der Waals surface area contributed by atoms with Gasteiger partial charge in [0.2, 0.25) is 0 Å². The maximum Gasteiger partial charge on any atom is 0.309 e. The van der Waals surface area contributed by atoms with Gasteiger partial charge in [-0.3, -0.25) is 19.3 Å². The summed E-state index contributed by atoms with van der Waals surface area (Å²) in [6, 6.07) is 8.47. The van der Waals surface area contributed by atoms with Crippen LogP contribution in [0.5, 0.6) is 0 Å². The van der Waals surface area contributed by atoms with E-state index in [1.165, 1.54) is 17.6 Å². The lowest BCUT2D eigenvalue weighted by molar-refractivity contribution is -0.235. The molecule has 0 radical (unpaired) electrons. The number of rotatable bonds is 12. The Kier molecular flexibility index (Phi) is 11.8. The molecule has 8 nitrogen and oxygen atoms in total. The summed E-state index contributed by atoms with van der Waals surface area (Å²) in [6.45, 7) is 22.9. The molecule has 0 spiro atoms. The number of fused-ring (bicyclic) bond motifs is 7. The molecule has 10 atom stereocenters. The second-order valence-corrected chi connectivity index (χ2v) is 22.6. The van der Waals surface area contributed by atoms with Crippen LogP contribution < -0.4 is 5.32 Å². The molecule has 58 heavy (non-hydrogen) atoms. The Morgan fingerprint density at radius 1 is 0.948 bits per heavy atom. The Balaban J connectivity index is 1.16. The quantitative estimate of drug-likeness (QED) is 0.179. The number of halogens is 1. The third-order valence-electron chi connectivity index (χ3n) is 17.9. The highest BCUT2D eigenvalue weighted by Gasteiger charge is 2.71. The molecule has 322 valence electrons. The predicted molar refractivity (Wildman–Crippen MR) is 229 cm³/mol. The van der Waals surface area contributed by atoms with Crippen LogP contribution in [-0.2, 0) is 25.7 Å². The fraction of sp³-hybridized carbons (Fsp3) is 0.776. The molecule has 1 aliphatic heterocycles. The summed E-state index contributed by atoms with van der Waals surface area (Å²) in [5, 5.41) is 26.9. The lowest BCUT2D eigenvalue weighted by Crippen LogP contribution is -2.66. The highest BCUT2D eigenvalue weighted by atomic mass is 35.5. The maximum absolute atomic E-state index is 14.4. The van der Waals surface area contributed by atoms with E-state index in [2.05, 4.69) is 70.8 Å². The van der Waals surface area contributed by atoms with Crippen LogP contribution in [0.4, 0.5) is 0 Å². The van der Waals surface area contributed by atoms with E-state index >= 15 is 0 Å². The average Bonchev–Trinajstić information content (AvgIpc) is 3.76. The zero-order valence-corrected chi connectivity index (χ0v) is 37.8. The number of aliphatic carboxylic acids is 1. The number of benzene rings is 1. The van der Waals surface area contributed by atoms with Crippen LogP contribution in [0.25, 0.3) is 0 Å². The van der Waals surface area contributed by atoms with Gasteiger partial charge in [-0.25, -0.2) is 0 Å². The predicted octanol–water partition coefficient (Wildman–Crippen LogP) is 9.65. The number of allylic oxidation sites excluding steroid dienone is 1. The number of Topliss-reactive ketones (excluding diaryl/α,β-unsaturated/α-hetero) is 1. The number of aliphatic hydroxyl groups excluding tert-OH is 1. The summed E-state index contributed by atoms with van der Waals surface area (Å²) in [5.41, 5.74) is 1.59. The average molecular weight is 822 g/mol. The van der Waals surface area contributed by atoms with Gasteiger partial charge in [0.1, 0.15) is 6.10 Å². The largest absolute Gasteiger partial charge is 0.481 e. The molecule has 9 heteroatoms. The normalized spacial score (nSPS) is 37.6. The molecule has 1 aromatic carbocycles. The Hall–Kier alpha value is -2.26. The van der Waals surface area contributed by atoms with E-state index in [1.807, 2.05) is 12.1 Å². The first-order valence-electron chi connectivity index (χ1n) is 22.7. The molecule has 1 aromatic rings. The minimum Gasteiger partial charge on any atom is -0.481 e. The zero-order chi connectivity index (χ0) is 42.2. The van der Waals surface area contributed by atoms with Crippen molar-refractivity contribution in [3.8, 4) is 0 Å². The van der Waals surface area contributed by atoms with Gasteiger partial charge in [0, 0.05) is 47.9 Å². The van der Waals surface area contributed by atoms with E-state index in [-0.39, 0.29) is 51.8 Å². The summed E-state index contributed by atoms with van der Waals surface area (Å²) in [4.78, 5) is 41.8. The van der Waals surface area contributed by atoms with E-state index < -0.39 is 28.9 Å². The van der Waals surface area contributed by atoms with E-state index in [4.69, 9.17) is 16.3 Å². The smallest absolute Gasteiger partial charge is 0.309 e. The van der Waals surface area contributed by atoms with Crippen LogP contribution >= 0.6 is 11.6 Å². The molecule has 0 bridgehead atoms. The SMILES string of the molecule is CC(C)C1=C2[C@H]3CC[C@@H]4[C@@]5(C)CC[C@H](OC(=O)CC(C)(C)C(=O)O)C(C)(C)[C@@H]5CC[C@@]4(C)[C@]3(C)CC[C@@]2([C@@H](O)CN(Cc2ccc(Cl)cc2)CC2CCCN2)CC1=O. The number of carbonyl (C=O) groups is 3. The second kappa shape index (κ2) is 15.6. The van der Waals surface area contributed by atoms with E-state index in [9.17, 15) is 24.6 Å². The Morgan fingerprint density at radius 3 is 2.29 bits per heavy atom. The number of ketones is 1. The van der Waals surface area contributed by atoms with Gasteiger partial charge in [0.05, 0.1) is 17.9 Å². The molecular weight excluding hydrogens is 748 g/mol. The van der Waals surface area contributed by atoms with Crippen LogP contribution in [0.3, 0.4) is 0 Å². The van der Waals surface area contributed by atoms with Gasteiger partial charge in [-0.1, -0.05) is 77.8 Å². The van der Waals surface area contributed by atoms with E-state index in [0.29, 0.717) is 30.8 Å². The fourth-order valence-corrected chi connectivity index (χ4v) is 14.7. The van der Waals surface area contributed by atoms with Crippen molar-refractivity contribution in [3.05, 3.63) is 46.0 Å². The first kappa shape index (κ1) is 43.8. The summed E-state index contributed by atoms with van der Waals surface area (Å²) in [5.74, 6) is 0.0279. The van der Waals surface area contributed by atoms with Gasteiger partial charge in [0.25, 0.3) is 0 Å². The Morgan fingerprint density at radius 2 is 1.66 bits per heavy atom. The molecule has 0 amide bonds. The number of nitrogens with one attached hydrogen (secondary N) is 1. The van der Waals surface area contributed by atoms with Crippen molar-refractivity contribution in [2.24, 2.45) is 56.2 Å². The van der Waals surface area contributed by atoms with Crippen LogP contribution in [0, 0.1) is 56.2 Å². The van der Waals surface area contributed by atoms with Crippen molar-refractivity contribution in [3.63, 3.8) is 0 Å². The number of nitrogens with zero attached hydrogens (tertiary/aromatic N) is 1. The fourth-order valence-electron chi connectivity index (χ4n) is 14.6. The standard InChI is InChI=1S/C49H73ClN2O6/c1-30(2)41-35(53)25-49(38(54)29-52(28-33-11-10-24-51-33)27-31-12-14-32(50)15-13-31)23-22-47(8)34(42(41)49)16-17-37-46(7)20-19-39(58-40(55)26-44(3,4)43(56)57)45(5,6)36(46)18-21-48(37,47)9/h12-15,30,33-34,36-39,51,54H,10-11,16-29H2,1-9H3,(H,56,57)/t33?,34-,36+,37-,38+,39+,46+,47-,48-,49+/m1/s1. The van der Waals surface area contributed by atoms with Crippen molar-refractivity contribution in [2.75, 3.05) is 19.6 Å². The minimum absolute atomic E-state index is 0.0279. The summed E-state index contributed by atoms with van der Waals surface area (Å²) in [7, 11) is 0. The molecule has 6 aliphatic rings. The van der Waals surface area contributed by atoms with Gasteiger partial charge in [0.15, 0.2) is 5.78 Å². The third-order valence-corrected chi connectivity index (χ3v) is 18.1. The van der Waals surface area contributed by atoms with Gasteiger partial charge in [-0.15, -0.1) is 0 Å². The number of hydrogen-bond donors (Lipinski definition) is 3. The van der Waals surface area contributed by atoms with E-state index in [1.54, 1.807) is 13.8 Å². The molecule has 1 unspecified atom stereocenters. The summed E-state index contributed by atoms with van der Waals surface area (Å²) < 4.78 is 6.20. The zero-order valence-electron chi connectivity index (χ0n) is 37.0. The van der Waals surface area contributed by atoms with Crippen molar-refractivity contribution >= 4 is 29.3 Å². The van der Waals surface area contributed by atoms with Crippen molar-refractivity contribution in [1.82, 2.24) is 10.2 Å². The number of ether oxygens (including phenoxy) is 1. The van der Waals surface area contributed by atoms with Crippen molar-refractivity contribution < 1.29 is 29.3 Å². The number of carboxylic acids is 1. The molecule has 1 saturated heterocycles. The monoisotopic (exact) mass is 821 g/mol. The lowest BCUT2D eigenvalue weighted by atomic mass is 9.33. The first-order chi connectivity index (χ1) is 27.1. The molecular formula is C49H73ClN2O6. The number of carboxylic acid groups (broad SMARTS) is 1. The van der Waals surface area contributed by atoms with Crippen LogP contribution in [0.2, 0.25) is 5.02 Å². The molecule has 5 fully saturated rings. The van der Waals surface area contributed by atoms with Gasteiger partial charge in [-0.05, 0) is 148 Å². The Labute approximate surface area is 353 Å². The third kappa shape index (κ3) is 7.23. The van der Waals surface area contributed by atoms with Gasteiger partial charge >= 0.3 is 11.9 Å². The van der Waals surface area contributed by atoms with Crippen LogP contribution in [0.15, 0.2) is 35.4 Å². The number of aliphatic hydroxyl groups is 1. The topological polar surface area (TPSA) is 116 Å². The van der Waals surface area contributed by atoms with Crippen molar-refractivity contribution in [2.45, 2.75) is 164 Å². The summed E-state index contributed by atoms with van der Waals surface area (Å²) in [6.07, 6.45) is 9.49. The number of esters is 1. The second-order valence-electron chi connectivity index (χ2n) is 22.2. The number of carbonyl (C=O) groups excluding carboxylic acids is 2. The molecule has 3 N–H and O–H groups in total. The Bertz CT molecular complexity index is 1780. The molecule has 5 aliphatic carbocycles. The highest BCUT2D eigenvalue weighted by Crippen LogP contribution is 2.77. The molecule has 0 aromatic heterocycles. The molecule has 1 heterocycles. The minimum atomic E-state index is -1.17. The van der Waals surface area contributed by atoms with Gasteiger partial charge < -0.3 is 20.3 Å². The van der Waals surface area contributed by atoms with Crippen LogP contribution in [0.1, 0.15) is 145 Å². The van der Waals surface area contributed by atoms with Crippen molar-refractivity contribution in [1.29, 1.82) is 0 Å². The van der Waals surface area contributed by atoms with E-state index in [0.717, 1.165) is 88.0 Å². The maximum atomic E-state index is 14.4. The number of hydrogen-bond acceptors (Lipinski definition) is 7. The van der Waals surface area contributed by atoms with Crippen LogP contribution in [-0.4, -0.2) is 70.7 Å². The first-order valence-corrected chi connectivity index (χ1v) is 23.1. The molecule has 7 rings (SSSR count). The van der Waals surface area contributed by atoms with Gasteiger partial charge in [-0.2, -0.15) is 0 Å².